The van der Waals surface area contributed by atoms with E-state index in [9.17, 15) is 4.79 Å². The molecule has 130 valence electrons. The first-order valence-corrected chi connectivity index (χ1v) is 9.02. The second kappa shape index (κ2) is 6.85. The molecule has 1 amide bonds. The summed E-state index contributed by atoms with van der Waals surface area (Å²) in [6, 6.07) is 25.3. The summed E-state index contributed by atoms with van der Waals surface area (Å²) in [5.74, 6) is 0.0960. The number of fused-ring (bicyclic) bond motifs is 1. The Bertz CT molecular complexity index is 924. The first kappa shape index (κ1) is 16.7. The molecule has 1 aliphatic heterocycles. The minimum absolute atomic E-state index is 0.00514. The lowest BCUT2D eigenvalue weighted by Crippen LogP contribution is -2.51. The number of hydrogen-bond donors (Lipinski definition) is 1. The van der Waals surface area contributed by atoms with Gasteiger partial charge in [-0.15, -0.1) is 0 Å². The molecule has 2 unspecified atom stereocenters. The molecular weight excluding hydrogens is 344 g/mol. The van der Waals surface area contributed by atoms with E-state index >= 15 is 0 Å². The Morgan fingerprint density at radius 3 is 2.31 bits per heavy atom. The largest absolute Gasteiger partial charge is 0.364 e. The molecule has 0 radical (unpaired) electrons. The summed E-state index contributed by atoms with van der Waals surface area (Å²) < 4.78 is 0. The SMILES string of the molecule is CC(c1ccccc1)C1Nc2ccccc2C(=O)N1c1ccc(Cl)cc1. The van der Waals surface area contributed by atoms with E-state index in [-0.39, 0.29) is 18.0 Å². The van der Waals surface area contributed by atoms with Gasteiger partial charge >= 0.3 is 0 Å². The van der Waals surface area contributed by atoms with Gasteiger partial charge in [0.05, 0.1) is 5.56 Å². The van der Waals surface area contributed by atoms with Crippen LogP contribution in [0.15, 0.2) is 78.9 Å². The average molecular weight is 363 g/mol. The first-order valence-electron chi connectivity index (χ1n) is 8.65. The highest BCUT2D eigenvalue weighted by molar-refractivity contribution is 6.30. The lowest BCUT2D eigenvalue weighted by molar-refractivity contribution is 0.0972. The molecule has 0 aromatic heterocycles. The Morgan fingerprint density at radius 2 is 1.58 bits per heavy atom. The van der Waals surface area contributed by atoms with E-state index in [1.807, 2.05) is 71.6 Å². The second-order valence-electron chi connectivity index (χ2n) is 6.49. The first-order chi connectivity index (χ1) is 12.6. The number of carbonyl (C=O) groups is 1. The van der Waals surface area contributed by atoms with Gasteiger partial charge in [-0.3, -0.25) is 9.69 Å². The maximum absolute atomic E-state index is 13.3. The van der Waals surface area contributed by atoms with E-state index in [4.69, 9.17) is 11.6 Å². The molecule has 1 N–H and O–H groups in total. The molecule has 3 aromatic carbocycles. The molecule has 3 aromatic rings. The van der Waals surface area contributed by atoms with Crippen molar-refractivity contribution in [3.05, 3.63) is 95.0 Å². The third-order valence-electron chi connectivity index (χ3n) is 4.86. The van der Waals surface area contributed by atoms with Crippen molar-refractivity contribution in [1.29, 1.82) is 0 Å². The van der Waals surface area contributed by atoms with Crippen LogP contribution in [0.3, 0.4) is 0 Å². The highest BCUT2D eigenvalue weighted by Gasteiger charge is 2.36. The average Bonchev–Trinajstić information content (AvgIpc) is 2.69. The number of rotatable bonds is 3. The van der Waals surface area contributed by atoms with Crippen molar-refractivity contribution < 1.29 is 4.79 Å². The van der Waals surface area contributed by atoms with Crippen LogP contribution in [0.4, 0.5) is 11.4 Å². The number of benzene rings is 3. The van der Waals surface area contributed by atoms with Crippen LogP contribution in [0.2, 0.25) is 5.02 Å². The molecule has 0 bridgehead atoms. The van der Waals surface area contributed by atoms with Crippen LogP contribution in [0.25, 0.3) is 0 Å². The fourth-order valence-corrected chi connectivity index (χ4v) is 3.57. The minimum Gasteiger partial charge on any atom is -0.364 e. The number of halogens is 1. The zero-order chi connectivity index (χ0) is 18.1. The zero-order valence-electron chi connectivity index (χ0n) is 14.4. The van der Waals surface area contributed by atoms with Gasteiger partial charge in [0.25, 0.3) is 5.91 Å². The molecule has 0 spiro atoms. The van der Waals surface area contributed by atoms with E-state index in [2.05, 4.69) is 24.4 Å². The molecule has 0 fully saturated rings. The van der Waals surface area contributed by atoms with Gasteiger partial charge in [-0.05, 0) is 42.0 Å². The lowest BCUT2D eigenvalue weighted by Gasteiger charge is -2.41. The summed E-state index contributed by atoms with van der Waals surface area (Å²) in [4.78, 5) is 15.1. The van der Waals surface area contributed by atoms with Gasteiger partial charge in [0, 0.05) is 22.3 Å². The highest BCUT2D eigenvalue weighted by Crippen LogP contribution is 2.35. The van der Waals surface area contributed by atoms with Gasteiger partial charge in [0.15, 0.2) is 0 Å². The maximum atomic E-state index is 13.3. The Hall–Kier alpha value is -2.78. The van der Waals surface area contributed by atoms with E-state index < -0.39 is 0 Å². The number of amides is 1. The van der Waals surface area contributed by atoms with Crippen LogP contribution in [-0.2, 0) is 0 Å². The van der Waals surface area contributed by atoms with Gasteiger partial charge < -0.3 is 5.32 Å². The predicted octanol–water partition coefficient (Wildman–Crippen LogP) is 5.54. The van der Waals surface area contributed by atoms with Crippen LogP contribution < -0.4 is 10.2 Å². The molecule has 4 heteroatoms. The molecule has 0 saturated carbocycles. The Kier molecular flexibility index (Phi) is 4.39. The van der Waals surface area contributed by atoms with E-state index in [1.54, 1.807) is 0 Å². The molecule has 0 saturated heterocycles. The van der Waals surface area contributed by atoms with Crippen molar-refractivity contribution in [2.24, 2.45) is 0 Å². The van der Waals surface area contributed by atoms with Gasteiger partial charge in [0.2, 0.25) is 0 Å². The molecule has 1 heterocycles. The van der Waals surface area contributed by atoms with Crippen molar-refractivity contribution in [1.82, 2.24) is 0 Å². The minimum atomic E-state index is -0.194. The summed E-state index contributed by atoms with van der Waals surface area (Å²) in [6.07, 6.45) is -0.194. The predicted molar refractivity (Wildman–Crippen MR) is 107 cm³/mol. The van der Waals surface area contributed by atoms with Crippen molar-refractivity contribution in [3.63, 3.8) is 0 Å². The summed E-state index contributed by atoms with van der Waals surface area (Å²) in [5.41, 5.74) is 3.56. The molecule has 0 aliphatic carbocycles. The number of para-hydroxylation sites is 1. The normalized spacial score (nSPS) is 17.4. The van der Waals surface area contributed by atoms with Crippen molar-refractivity contribution in [2.75, 3.05) is 10.2 Å². The standard InChI is InChI=1S/C22H19ClN2O/c1-15(16-7-3-2-4-8-16)21-24-20-10-6-5-9-19(20)22(26)25(21)18-13-11-17(23)12-14-18/h2-15,21,24H,1H3. The number of carbonyl (C=O) groups excluding carboxylic acids is 1. The molecule has 3 nitrogen and oxygen atoms in total. The smallest absolute Gasteiger partial charge is 0.262 e. The van der Waals surface area contributed by atoms with Crippen LogP contribution in [0.1, 0.15) is 28.8 Å². The number of nitrogens with one attached hydrogen (secondary N) is 1. The highest BCUT2D eigenvalue weighted by atomic mass is 35.5. The quantitative estimate of drug-likeness (QED) is 0.663. The maximum Gasteiger partial charge on any atom is 0.262 e. The van der Waals surface area contributed by atoms with Gasteiger partial charge in [-0.1, -0.05) is 61.0 Å². The van der Waals surface area contributed by atoms with Crippen molar-refractivity contribution in [3.8, 4) is 0 Å². The molecular formula is C22H19ClN2O. The topological polar surface area (TPSA) is 32.3 Å². The van der Waals surface area contributed by atoms with E-state index in [0.29, 0.717) is 10.6 Å². The molecule has 1 aliphatic rings. The second-order valence-corrected chi connectivity index (χ2v) is 6.92. The van der Waals surface area contributed by atoms with Crippen LogP contribution in [-0.4, -0.2) is 12.1 Å². The van der Waals surface area contributed by atoms with E-state index in [1.165, 1.54) is 5.56 Å². The number of hydrogen-bond acceptors (Lipinski definition) is 2. The molecule has 26 heavy (non-hydrogen) atoms. The third-order valence-corrected chi connectivity index (χ3v) is 5.11. The monoisotopic (exact) mass is 362 g/mol. The van der Waals surface area contributed by atoms with E-state index in [0.717, 1.165) is 11.4 Å². The van der Waals surface area contributed by atoms with Crippen LogP contribution >= 0.6 is 11.6 Å². The van der Waals surface area contributed by atoms with Gasteiger partial charge in [0.1, 0.15) is 6.17 Å². The van der Waals surface area contributed by atoms with Crippen LogP contribution in [0, 0.1) is 0 Å². The van der Waals surface area contributed by atoms with Crippen molar-refractivity contribution in [2.45, 2.75) is 19.0 Å². The summed E-state index contributed by atoms with van der Waals surface area (Å²) in [6.45, 7) is 2.14. The fraction of sp³-hybridized carbons (Fsp3) is 0.136. The zero-order valence-corrected chi connectivity index (χ0v) is 15.1. The number of nitrogens with zero attached hydrogens (tertiary/aromatic N) is 1. The van der Waals surface area contributed by atoms with Crippen LogP contribution in [0.5, 0.6) is 0 Å². The molecule has 2 atom stereocenters. The summed E-state index contributed by atoms with van der Waals surface area (Å²) in [7, 11) is 0. The lowest BCUT2D eigenvalue weighted by atomic mass is 9.93. The fourth-order valence-electron chi connectivity index (χ4n) is 3.44. The Labute approximate surface area is 158 Å². The number of anilines is 2. The summed E-state index contributed by atoms with van der Waals surface area (Å²) in [5, 5.41) is 4.21. The van der Waals surface area contributed by atoms with Crippen molar-refractivity contribution >= 4 is 28.9 Å². The Morgan fingerprint density at radius 1 is 0.923 bits per heavy atom. The van der Waals surface area contributed by atoms with Gasteiger partial charge in [-0.2, -0.15) is 0 Å². The Balaban J connectivity index is 1.81. The summed E-state index contributed by atoms with van der Waals surface area (Å²) >= 11 is 6.04. The molecule has 4 rings (SSSR count). The van der Waals surface area contributed by atoms with Gasteiger partial charge in [-0.25, -0.2) is 0 Å². The third kappa shape index (κ3) is 2.95.